The second-order valence-corrected chi connectivity index (χ2v) is 11.3. The summed E-state index contributed by atoms with van der Waals surface area (Å²) in [4.78, 5) is 0.252. The number of aromatic nitrogens is 1. The molecule has 0 fully saturated rings. The molecule has 0 spiro atoms. The molecule has 0 aliphatic rings. The molecule has 32 heavy (non-hydrogen) atoms. The molecule has 0 bridgehead atoms. The summed E-state index contributed by atoms with van der Waals surface area (Å²) >= 11 is 0. The fraction of sp³-hybridized carbons (Fsp3) is 0.0833. The van der Waals surface area contributed by atoms with Crippen LogP contribution in [-0.2, 0) is 19.9 Å². The number of halogens is 1. The van der Waals surface area contributed by atoms with E-state index in [2.05, 4.69) is 0 Å². The molecule has 0 atom stereocenters. The van der Waals surface area contributed by atoms with Crippen molar-refractivity contribution in [2.45, 2.75) is 16.7 Å². The third-order valence-corrected chi connectivity index (χ3v) is 7.96. The molecule has 3 aromatic carbocycles. The highest BCUT2D eigenvalue weighted by Crippen LogP contribution is 2.36. The quantitative estimate of drug-likeness (QED) is 0.416. The standard InChI is InChI=1S/C24H20FNO4S2/c1-17-3-11-22(12-4-17)32(29,30)26-16-15-23(18-5-9-20(25)10-6-18)24(26)19-7-13-21(14-8-19)31(2,27)28/h3-16H,1-2H3. The highest BCUT2D eigenvalue weighted by molar-refractivity contribution is 7.90. The van der Waals surface area contributed by atoms with E-state index in [1.807, 2.05) is 6.92 Å². The van der Waals surface area contributed by atoms with Crippen LogP contribution in [0.5, 0.6) is 0 Å². The van der Waals surface area contributed by atoms with Gasteiger partial charge in [0.05, 0.1) is 15.5 Å². The predicted molar refractivity (Wildman–Crippen MR) is 122 cm³/mol. The van der Waals surface area contributed by atoms with Gasteiger partial charge in [-0.05, 0) is 60.5 Å². The monoisotopic (exact) mass is 469 g/mol. The summed E-state index contributed by atoms with van der Waals surface area (Å²) in [7, 11) is -7.35. The van der Waals surface area contributed by atoms with E-state index in [0.717, 1.165) is 11.8 Å². The van der Waals surface area contributed by atoms with E-state index in [9.17, 15) is 21.2 Å². The van der Waals surface area contributed by atoms with Crippen molar-refractivity contribution >= 4 is 19.9 Å². The van der Waals surface area contributed by atoms with Crippen LogP contribution in [0.2, 0.25) is 0 Å². The summed E-state index contributed by atoms with van der Waals surface area (Å²) in [5.41, 5.74) is 3.01. The number of rotatable bonds is 5. The lowest BCUT2D eigenvalue weighted by Crippen LogP contribution is -2.13. The smallest absolute Gasteiger partial charge is 0.241 e. The van der Waals surface area contributed by atoms with Crippen molar-refractivity contribution in [3.63, 3.8) is 0 Å². The third kappa shape index (κ3) is 4.11. The molecule has 1 heterocycles. The first-order valence-electron chi connectivity index (χ1n) is 9.67. The molecule has 1 aromatic heterocycles. The number of sulfone groups is 1. The number of benzene rings is 3. The van der Waals surface area contributed by atoms with Crippen LogP contribution in [0.15, 0.2) is 94.9 Å². The number of hydrogen-bond acceptors (Lipinski definition) is 4. The zero-order chi connectivity index (χ0) is 23.1. The van der Waals surface area contributed by atoms with Crippen LogP contribution in [0.1, 0.15) is 5.56 Å². The average Bonchev–Trinajstić information content (AvgIpc) is 3.20. The molecule has 0 radical (unpaired) electrons. The fourth-order valence-electron chi connectivity index (χ4n) is 3.44. The van der Waals surface area contributed by atoms with E-state index in [0.29, 0.717) is 22.4 Å². The first-order valence-corrected chi connectivity index (χ1v) is 13.0. The van der Waals surface area contributed by atoms with E-state index >= 15 is 0 Å². The Morgan fingerprint density at radius 1 is 0.688 bits per heavy atom. The lowest BCUT2D eigenvalue weighted by Gasteiger charge is -2.14. The van der Waals surface area contributed by atoms with Crippen molar-refractivity contribution in [1.82, 2.24) is 3.97 Å². The molecule has 0 aliphatic carbocycles. The van der Waals surface area contributed by atoms with Gasteiger partial charge in [0, 0.05) is 18.0 Å². The van der Waals surface area contributed by atoms with Crippen LogP contribution in [0.4, 0.5) is 4.39 Å². The fourth-order valence-corrected chi connectivity index (χ4v) is 5.45. The van der Waals surface area contributed by atoms with Crippen LogP contribution < -0.4 is 0 Å². The first-order chi connectivity index (χ1) is 15.1. The Bertz CT molecular complexity index is 1490. The van der Waals surface area contributed by atoms with Crippen molar-refractivity contribution in [1.29, 1.82) is 0 Å². The maximum absolute atomic E-state index is 13.5. The Morgan fingerprint density at radius 2 is 1.22 bits per heavy atom. The number of hydrogen-bond donors (Lipinski definition) is 0. The van der Waals surface area contributed by atoms with Gasteiger partial charge in [0.25, 0.3) is 10.0 Å². The highest BCUT2D eigenvalue weighted by Gasteiger charge is 2.24. The second-order valence-electron chi connectivity index (χ2n) is 7.50. The Hall–Kier alpha value is -3.23. The van der Waals surface area contributed by atoms with Gasteiger partial charge in [0.15, 0.2) is 9.84 Å². The van der Waals surface area contributed by atoms with E-state index < -0.39 is 25.7 Å². The summed E-state index contributed by atoms with van der Waals surface area (Å²) in [6.45, 7) is 1.87. The van der Waals surface area contributed by atoms with Gasteiger partial charge in [-0.2, -0.15) is 0 Å². The van der Waals surface area contributed by atoms with Gasteiger partial charge < -0.3 is 0 Å². The highest BCUT2D eigenvalue weighted by atomic mass is 32.2. The molecule has 164 valence electrons. The van der Waals surface area contributed by atoms with Gasteiger partial charge in [0.2, 0.25) is 0 Å². The maximum Gasteiger partial charge on any atom is 0.268 e. The molecule has 5 nitrogen and oxygen atoms in total. The minimum absolute atomic E-state index is 0.123. The van der Waals surface area contributed by atoms with Crippen molar-refractivity contribution in [2.24, 2.45) is 0 Å². The zero-order valence-corrected chi connectivity index (χ0v) is 19.0. The minimum atomic E-state index is -3.94. The van der Waals surface area contributed by atoms with Crippen molar-refractivity contribution in [3.8, 4) is 22.4 Å². The summed E-state index contributed by atoms with van der Waals surface area (Å²) in [6, 6.07) is 19.9. The van der Waals surface area contributed by atoms with Gasteiger partial charge in [0.1, 0.15) is 5.82 Å². The molecule has 0 N–H and O–H groups in total. The molecule has 4 aromatic rings. The lowest BCUT2D eigenvalue weighted by atomic mass is 10.0. The Kier molecular flexibility index (Phi) is 5.52. The molecular weight excluding hydrogens is 449 g/mol. The summed E-state index contributed by atoms with van der Waals surface area (Å²) in [5, 5.41) is 0. The summed E-state index contributed by atoms with van der Waals surface area (Å²) < 4.78 is 65.3. The van der Waals surface area contributed by atoms with E-state index in [4.69, 9.17) is 0 Å². The van der Waals surface area contributed by atoms with E-state index in [1.54, 1.807) is 54.6 Å². The van der Waals surface area contributed by atoms with Crippen molar-refractivity contribution < 1.29 is 21.2 Å². The molecule has 8 heteroatoms. The van der Waals surface area contributed by atoms with Gasteiger partial charge in [-0.15, -0.1) is 0 Å². The van der Waals surface area contributed by atoms with Crippen molar-refractivity contribution in [3.05, 3.63) is 96.4 Å². The third-order valence-electron chi connectivity index (χ3n) is 5.14. The van der Waals surface area contributed by atoms with Crippen LogP contribution >= 0.6 is 0 Å². The Balaban J connectivity index is 1.95. The molecular formula is C24H20FNO4S2. The number of aryl methyl sites for hydroxylation is 1. The maximum atomic E-state index is 13.5. The van der Waals surface area contributed by atoms with E-state index in [-0.39, 0.29) is 9.79 Å². The molecule has 0 unspecified atom stereocenters. The Labute approximate surface area is 186 Å². The predicted octanol–water partition coefficient (Wildman–Crippen LogP) is 4.91. The van der Waals surface area contributed by atoms with Gasteiger partial charge in [-0.25, -0.2) is 25.2 Å². The molecule has 4 rings (SSSR count). The van der Waals surface area contributed by atoms with Gasteiger partial charge in [-0.3, -0.25) is 0 Å². The molecule has 0 saturated carbocycles. The summed E-state index contributed by atoms with van der Waals surface area (Å²) in [6.07, 6.45) is 2.56. The molecule has 0 amide bonds. The first kappa shape index (κ1) is 22.0. The summed E-state index contributed by atoms with van der Waals surface area (Å²) in [5.74, 6) is -0.403. The van der Waals surface area contributed by atoms with Gasteiger partial charge in [-0.1, -0.05) is 42.0 Å². The van der Waals surface area contributed by atoms with Crippen LogP contribution in [-0.4, -0.2) is 27.1 Å². The Morgan fingerprint density at radius 3 is 1.78 bits per heavy atom. The second kappa shape index (κ2) is 8.03. The largest absolute Gasteiger partial charge is 0.268 e. The minimum Gasteiger partial charge on any atom is -0.241 e. The van der Waals surface area contributed by atoms with Crippen LogP contribution in [0, 0.1) is 12.7 Å². The van der Waals surface area contributed by atoms with Gasteiger partial charge >= 0.3 is 0 Å². The molecule has 0 aliphatic heterocycles. The number of nitrogens with zero attached hydrogens (tertiary/aromatic N) is 1. The zero-order valence-electron chi connectivity index (χ0n) is 17.4. The lowest BCUT2D eigenvalue weighted by molar-refractivity contribution is 0.587. The topological polar surface area (TPSA) is 73.2 Å². The SMILES string of the molecule is Cc1ccc(S(=O)(=O)n2ccc(-c3ccc(F)cc3)c2-c2ccc(S(C)(=O)=O)cc2)cc1. The van der Waals surface area contributed by atoms with E-state index in [1.165, 1.54) is 34.4 Å². The van der Waals surface area contributed by atoms with Crippen molar-refractivity contribution in [2.75, 3.05) is 6.26 Å². The normalized spacial score (nSPS) is 12.1. The van der Waals surface area contributed by atoms with Crippen LogP contribution in [0.25, 0.3) is 22.4 Å². The van der Waals surface area contributed by atoms with Crippen LogP contribution in [0.3, 0.4) is 0 Å². The average molecular weight is 470 g/mol. The molecule has 0 saturated heterocycles.